The van der Waals surface area contributed by atoms with Crippen LogP contribution < -0.4 is 0 Å². The van der Waals surface area contributed by atoms with Crippen LogP contribution in [0.2, 0.25) is 0 Å². The lowest BCUT2D eigenvalue weighted by molar-refractivity contribution is 0.420. The van der Waals surface area contributed by atoms with E-state index >= 15 is 0 Å². The first-order valence-corrected chi connectivity index (χ1v) is 9.81. The SMILES string of the molecule is c1ccc2cc(Cn3c(C4CCCCC4)nc4ccccc43)ccc2c1. The number of hydrogen-bond acceptors (Lipinski definition) is 1. The van der Waals surface area contributed by atoms with Gasteiger partial charge in [0.1, 0.15) is 5.82 Å². The van der Waals surface area contributed by atoms with Gasteiger partial charge in [0.15, 0.2) is 0 Å². The fourth-order valence-corrected chi connectivity index (χ4v) is 4.45. The lowest BCUT2D eigenvalue weighted by Gasteiger charge is -2.22. The van der Waals surface area contributed by atoms with Crippen molar-refractivity contribution in [2.75, 3.05) is 0 Å². The Balaban J connectivity index is 1.59. The Hall–Kier alpha value is -2.61. The molecule has 0 N–H and O–H groups in total. The molecule has 0 bridgehead atoms. The summed E-state index contributed by atoms with van der Waals surface area (Å²) in [5.74, 6) is 1.90. The van der Waals surface area contributed by atoms with Crippen molar-refractivity contribution < 1.29 is 0 Å². The molecule has 2 nitrogen and oxygen atoms in total. The minimum atomic E-state index is 0.608. The summed E-state index contributed by atoms with van der Waals surface area (Å²) in [6.07, 6.45) is 6.61. The highest BCUT2D eigenvalue weighted by Gasteiger charge is 2.22. The Morgan fingerprint density at radius 3 is 2.46 bits per heavy atom. The van der Waals surface area contributed by atoms with E-state index in [9.17, 15) is 0 Å². The molecule has 1 saturated carbocycles. The summed E-state index contributed by atoms with van der Waals surface area (Å²) in [7, 11) is 0. The van der Waals surface area contributed by atoms with Crippen LogP contribution in [-0.2, 0) is 6.54 Å². The number of benzene rings is 3. The molecular formula is C24H24N2. The predicted molar refractivity (Wildman–Crippen MR) is 109 cm³/mol. The molecule has 2 heteroatoms. The normalized spacial score (nSPS) is 15.7. The van der Waals surface area contributed by atoms with Crippen LogP contribution in [-0.4, -0.2) is 9.55 Å². The lowest BCUT2D eigenvalue weighted by Crippen LogP contribution is -2.13. The second-order valence-electron chi connectivity index (χ2n) is 7.56. The molecule has 4 aromatic rings. The summed E-state index contributed by atoms with van der Waals surface area (Å²) < 4.78 is 2.47. The van der Waals surface area contributed by atoms with Crippen molar-refractivity contribution in [3.63, 3.8) is 0 Å². The van der Waals surface area contributed by atoms with Crippen LogP contribution in [0.5, 0.6) is 0 Å². The number of aromatic nitrogens is 2. The zero-order valence-electron chi connectivity index (χ0n) is 15.1. The standard InChI is InChI=1S/C24H24N2/c1-2-9-20(10-3-1)24-25-22-12-6-7-13-23(22)26(24)17-18-14-15-19-8-4-5-11-21(19)16-18/h4-8,11-16,20H,1-3,9-10,17H2. The molecule has 1 heterocycles. The van der Waals surface area contributed by atoms with E-state index in [4.69, 9.17) is 4.98 Å². The Morgan fingerprint density at radius 2 is 1.58 bits per heavy atom. The molecule has 0 aliphatic heterocycles. The van der Waals surface area contributed by atoms with Gasteiger partial charge in [0, 0.05) is 12.5 Å². The number of nitrogens with zero attached hydrogens (tertiary/aromatic N) is 2. The van der Waals surface area contributed by atoms with E-state index in [0.29, 0.717) is 5.92 Å². The highest BCUT2D eigenvalue weighted by molar-refractivity contribution is 5.83. The second kappa shape index (κ2) is 6.60. The van der Waals surface area contributed by atoms with E-state index in [1.807, 2.05) is 0 Å². The molecule has 1 fully saturated rings. The van der Waals surface area contributed by atoms with Crippen LogP contribution in [0.1, 0.15) is 49.4 Å². The minimum Gasteiger partial charge on any atom is -0.323 e. The van der Waals surface area contributed by atoms with Crippen LogP contribution in [0.25, 0.3) is 21.8 Å². The summed E-state index contributed by atoms with van der Waals surface area (Å²) in [5, 5.41) is 2.62. The maximum atomic E-state index is 5.06. The monoisotopic (exact) mass is 340 g/mol. The van der Waals surface area contributed by atoms with Gasteiger partial charge in [-0.15, -0.1) is 0 Å². The Labute approximate surface area is 154 Å². The molecule has 0 spiro atoms. The first-order valence-electron chi connectivity index (χ1n) is 9.81. The van der Waals surface area contributed by atoms with E-state index in [0.717, 1.165) is 12.1 Å². The minimum absolute atomic E-state index is 0.608. The third-order valence-corrected chi connectivity index (χ3v) is 5.81. The number of hydrogen-bond donors (Lipinski definition) is 0. The van der Waals surface area contributed by atoms with E-state index in [-0.39, 0.29) is 0 Å². The zero-order valence-corrected chi connectivity index (χ0v) is 15.1. The van der Waals surface area contributed by atoms with Crippen LogP contribution in [0.15, 0.2) is 66.7 Å². The average molecular weight is 340 g/mol. The third kappa shape index (κ3) is 2.80. The maximum Gasteiger partial charge on any atom is 0.113 e. The van der Waals surface area contributed by atoms with Crippen molar-refractivity contribution in [1.82, 2.24) is 9.55 Å². The quantitative estimate of drug-likeness (QED) is 0.429. The molecule has 0 amide bonds. The predicted octanol–water partition coefficient (Wildman–Crippen LogP) is 6.29. The van der Waals surface area contributed by atoms with Crippen LogP contribution in [0.4, 0.5) is 0 Å². The Kier molecular flexibility index (Phi) is 3.97. The number of rotatable bonds is 3. The first-order chi connectivity index (χ1) is 12.9. The molecule has 0 saturated heterocycles. The Morgan fingerprint density at radius 1 is 0.808 bits per heavy atom. The van der Waals surface area contributed by atoms with E-state index in [1.54, 1.807) is 0 Å². The van der Waals surface area contributed by atoms with Crippen molar-refractivity contribution in [3.05, 3.63) is 78.1 Å². The maximum absolute atomic E-state index is 5.06. The largest absolute Gasteiger partial charge is 0.323 e. The molecule has 1 aliphatic carbocycles. The molecule has 0 atom stereocenters. The molecule has 0 unspecified atom stereocenters. The van der Waals surface area contributed by atoms with Gasteiger partial charge in [-0.25, -0.2) is 4.98 Å². The topological polar surface area (TPSA) is 17.8 Å². The van der Waals surface area contributed by atoms with Gasteiger partial charge >= 0.3 is 0 Å². The van der Waals surface area contributed by atoms with Gasteiger partial charge in [-0.2, -0.15) is 0 Å². The van der Waals surface area contributed by atoms with Crippen molar-refractivity contribution in [2.45, 2.75) is 44.6 Å². The summed E-state index contributed by atoms with van der Waals surface area (Å²) in [6.45, 7) is 0.900. The molecule has 0 radical (unpaired) electrons. The molecule has 1 aromatic heterocycles. The highest BCUT2D eigenvalue weighted by atomic mass is 15.1. The van der Waals surface area contributed by atoms with Gasteiger partial charge in [0.2, 0.25) is 0 Å². The van der Waals surface area contributed by atoms with Crippen molar-refractivity contribution in [3.8, 4) is 0 Å². The highest BCUT2D eigenvalue weighted by Crippen LogP contribution is 2.34. The zero-order chi connectivity index (χ0) is 17.3. The van der Waals surface area contributed by atoms with Gasteiger partial charge in [0.05, 0.1) is 11.0 Å². The van der Waals surface area contributed by atoms with Gasteiger partial charge in [-0.05, 0) is 47.4 Å². The molecule has 26 heavy (non-hydrogen) atoms. The van der Waals surface area contributed by atoms with E-state index in [1.165, 1.54) is 59.8 Å². The van der Waals surface area contributed by atoms with E-state index < -0.39 is 0 Å². The number of fused-ring (bicyclic) bond motifs is 2. The molecule has 3 aromatic carbocycles. The first kappa shape index (κ1) is 15.6. The summed E-state index contributed by atoms with van der Waals surface area (Å²) in [5.41, 5.74) is 3.75. The fraction of sp³-hybridized carbons (Fsp3) is 0.292. The number of para-hydroxylation sites is 2. The number of imidazole rings is 1. The van der Waals surface area contributed by atoms with Crippen molar-refractivity contribution in [2.24, 2.45) is 0 Å². The summed E-state index contributed by atoms with van der Waals surface area (Å²) in [4.78, 5) is 5.06. The Bertz CT molecular complexity index is 1050. The summed E-state index contributed by atoms with van der Waals surface area (Å²) >= 11 is 0. The van der Waals surface area contributed by atoms with Crippen molar-refractivity contribution >= 4 is 21.8 Å². The molecule has 1 aliphatic rings. The van der Waals surface area contributed by atoms with Crippen molar-refractivity contribution in [1.29, 1.82) is 0 Å². The molecule has 130 valence electrons. The average Bonchev–Trinajstić information content (AvgIpc) is 3.07. The van der Waals surface area contributed by atoms with Crippen LogP contribution in [0.3, 0.4) is 0 Å². The summed E-state index contributed by atoms with van der Waals surface area (Å²) in [6, 6.07) is 24.0. The van der Waals surface area contributed by atoms with Gasteiger partial charge < -0.3 is 4.57 Å². The second-order valence-corrected chi connectivity index (χ2v) is 7.56. The van der Waals surface area contributed by atoms with Gasteiger partial charge in [0.25, 0.3) is 0 Å². The third-order valence-electron chi connectivity index (χ3n) is 5.81. The fourth-order valence-electron chi connectivity index (χ4n) is 4.45. The smallest absolute Gasteiger partial charge is 0.113 e. The van der Waals surface area contributed by atoms with Gasteiger partial charge in [-0.3, -0.25) is 0 Å². The lowest BCUT2D eigenvalue weighted by atomic mass is 9.88. The van der Waals surface area contributed by atoms with Crippen LogP contribution in [0, 0.1) is 0 Å². The molecule has 5 rings (SSSR count). The van der Waals surface area contributed by atoms with Crippen LogP contribution >= 0.6 is 0 Å². The molecular weight excluding hydrogens is 316 g/mol. The van der Waals surface area contributed by atoms with E-state index in [2.05, 4.69) is 71.3 Å². The van der Waals surface area contributed by atoms with Gasteiger partial charge in [-0.1, -0.05) is 67.8 Å².